The maximum Gasteiger partial charge on any atom is 2.00 e. The molecule has 0 heterocycles. The first-order valence-electron chi connectivity index (χ1n) is 0.612. The Bertz CT molecular complexity index is 34.3. The molecule has 4 nitrogen and oxygen atoms in total. The summed E-state index contributed by atoms with van der Waals surface area (Å²) in [4.78, 5) is 8.33. The van der Waals surface area contributed by atoms with E-state index in [-0.39, 0.29) is 119 Å². The Balaban J connectivity index is -0.00000000750. The van der Waals surface area contributed by atoms with Gasteiger partial charge in [0, 0.05) is 0 Å². The van der Waals surface area contributed by atoms with E-state index in [9.17, 15) is 0 Å². The van der Waals surface area contributed by atoms with Crippen LogP contribution in [0.15, 0.2) is 0 Å². The molecular formula is CCa3O4+2. The van der Waals surface area contributed by atoms with E-state index in [1.165, 1.54) is 0 Å². The van der Waals surface area contributed by atoms with Crippen LogP contribution >= 0.6 is 0 Å². The second-order valence-electron chi connectivity index (χ2n) is 0.250. The van der Waals surface area contributed by atoms with Crippen molar-refractivity contribution in [1.82, 2.24) is 0 Å². The van der Waals surface area contributed by atoms with E-state index in [2.05, 4.69) is 0 Å². The predicted molar refractivity (Wildman–Crippen MR) is 23.3 cm³/mol. The Labute approximate surface area is 136 Å². The summed E-state index contributed by atoms with van der Waals surface area (Å²) in [5.74, 6) is 0. The molecular weight excluding hydrogens is 196 g/mol. The van der Waals surface area contributed by atoms with Crippen LogP contribution in [0.4, 0.5) is 4.79 Å². The molecule has 0 aromatic carbocycles. The van der Waals surface area contributed by atoms with Crippen LogP contribution in [0.1, 0.15) is 0 Å². The van der Waals surface area contributed by atoms with Crippen LogP contribution < -0.4 is 10.2 Å². The first-order valence-corrected chi connectivity index (χ1v) is 0.612. The zero-order valence-corrected chi connectivity index (χ0v) is 10.9. The van der Waals surface area contributed by atoms with E-state index in [1.54, 1.807) is 0 Å². The molecule has 0 N–H and O–H groups in total. The molecule has 0 aromatic heterocycles. The molecule has 0 amide bonds. The van der Waals surface area contributed by atoms with Crippen LogP contribution in [0.5, 0.6) is 0 Å². The molecule has 8 heavy (non-hydrogen) atoms. The van der Waals surface area contributed by atoms with Crippen molar-refractivity contribution in [2.24, 2.45) is 0 Å². The summed E-state index contributed by atoms with van der Waals surface area (Å²) in [6, 6.07) is 0. The monoisotopic (exact) mass is 196 g/mol. The topological polar surface area (TPSA) is 91.7 Å². The molecule has 7 heteroatoms. The zero-order chi connectivity index (χ0) is 3.58. The predicted octanol–water partition coefficient (Wildman–Crippen LogP) is -3.71. The van der Waals surface area contributed by atoms with Gasteiger partial charge in [-0.1, -0.05) is 0 Å². The number of rotatable bonds is 0. The molecule has 32 valence electrons. The minimum atomic E-state index is -2.33. The number of carbonyl (C=O) groups excluding carboxylic acids is 1. The summed E-state index contributed by atoms with van der Waals surface area (Å²) in [5.41, 5.74) is 0. The van der Waals surface area contributed by atoms with Crippen molar-refractivity contribution in [3.8, 4) is 0 Å². The van der Waals surface area contributed by atoms with Gasteiger partial charge in [-0.2, -0.15) is 0 Å². The maximum atomic E-state index is 8.33. The van der Waals surface area contributed by atoms with Crippen molar-refractivity contribution >= 4 is 119 Å². The third kappa shape index (κ3) is 63.8. The summed E-state index contributed by atoms with van der Waals surface area (Å²) in [6.45, 7) is 0. The Morgan fingerprint density at radius 1 is 1.00 bits per heavy atom. The largest absolute Gasteiger partial charge is 2.00 e. The van der Waals surface area contributed by atoms with Gasteiger partial charge in [-0.3, -0.25) is 0 Å². The number of carbonyl (C=O) groups is 1. The Hall–Kier alpha value is 3.01. The van der Waals surface area contributed by atoms with E-state index in [0.717, 1.165) is 0 Å². The number of hydrogen-bond donors (Lipinski definition) is 0. The van der Waals surface area contributed by atoms with E-state index in [4.69, 9.17) is 15.0 Å². The summed E-state index contributed by atoms with van der Waals surface area (Å²) >= 11 is 0. The van der Waals surface area contributed by atoms with Crippen molar-refractivity contribution in [2.75, 3.05) is 0 Å². The Morgan fingerprint density at radius 3 is 1.00 bits per heavy atom. The van der Waals surface area contributed by atoms with Crippen molar-refractivity contribution in [3.63, 3.8) is 0 Å². The van der Waals surface area contributed by atoms with Crippen LogP contribution in [0.25, 0.3) is 0 Å². The van der Waals surface area contributed by atoms with Crippen LogP contribution in [0.3, 0.4) is 0 Å². The molecule has 0 bridgehead atoms. The maximum absolute atomic E-state index is 8.33. The van der Waals surface area contributed by atoms with E-state index in [0.29, 0.717) is 0 Å². The van der Waals surface area contributed by atoms with Crippen molar-refractivity contribution in [2.45, 2.75) is 0 Å². The summed E-state index contributed by atoms with van der Waals surface area (Å²) in [6.07, 6.45) is -2.33. The summed E-state index contributed by atoms with van der Waals surface area (Å²) in [7, 11) is 0. The zero-order valence-electron chi connectivity index (χ0n) is 4.25. The van der Waals surface area contributed by atoms with E-state index in [1.807, 2.05) is 0 Å². The third-order valence-corrected chi connectivity index (χ3v) is 0. The van der Waals surface area contributed by atoms with Gasteiger partial charge in [0.05, 0.1) is 0 Å². The molecule has 0 saturated carbocycles. The molecule has 0 aromatic rings. The number of hydrogen-bond acceptors (Lipinski definition) is 3. The second-order valence-corrected chi connectivity index (χ2v) is 0.250. The molecule has 0 saturated heterocycles. The molecule has 0 aliphatic heterocycles. The van der Waals surface area contributed by atoms with Crippen LogP contribution in [0, 0.1) is 0 Å². The van der Waals surface area contributed by atoms with E-state index < -0.39 is 6.16 Å². The van der Waals surface area contributed by atoms with Gasteiger partial charge in [0.15, 0.2) is 0 Å². The van der Waals surface area contributed by atoms with Crippen LogP contribution in [-0.4, -0.2) is 119 Å². The number of carboxylic acid groups (broad SMARTS) is 2. The fourth-order valence-electron chi connectivity index (χ4n) is 0. The first-order chi connectivity index (χ1) is 1.73. The Kier molecular flexibility index (Phi) is 85.9. The normalized spacial score (nSPS) is 3.00. The van der Waals surface area contributed by atoms with Gasteiger partial charge in [0.1, 0.15) is 0 Å². The third-order valence-electron chi connectivity index (χ3n) is 0. The molecule has 0 aliphatic carbocycles. The SMILES string of the molecule is O=C([O-])[O-].[Ca+2].[Ca+2].[Ca+2].[O-2]. The molecule has 0 aliphatic rings. The smallest absolute Gasteiger partial charge is 2.00 e. The molecule has 0 radical (unpaired) electrons. The quantitative estimate of drug-likeness (QED) is 0.373. The van der Waals surface area contributed by atoms with Crippen LogP contribution in [0.2, 0.25) is 0 Å². The average Bonchev–Trinajstić information content (AvgIpc) is 0.811. The molecule has 0 fully saturated rings. The molecule has 0 unspecified atom stereocenters. The summed E-state index contributed by atoms with van der Waals surface area (Å²) in [5, 5.41) is 16.7. The van der Waals surface area contributed by atoms with Gasteiger partial charge < -0.3 is 20.5 Å². The molecule has 0 rings (SSSR count). The van der Waals surface area contributed by atoms with Gasteiger partial charge in [0.25, 0.3) is 0 Å². The minimum Gasteiger partial charge on any atom is -2.00 e. The average molecular weight is 196 g/mol. The molecule has 0 atom stereocenters. The fraction of sp³-hybridized carbons (Fsp3) is 0. The van der Waals surface area contributed by atoms with Gasteiger partial charge >= 0.3 is 113 Å². The first kappa shape index (κ1) is 30.5. The van der Waals surface area contributed by atoms with Gasteiger partial charge in [0.2, 0.25) is 0 Å². The Morgan fingerprint density at radius 2 is 1.00 bits per heavy atom. The van der Waals surface area contributed by atoms with Crippen molar-refractivity contribution in [3.05, 3.63) is 0 Å². The second kappa shape index (κ2) is 22.5. The fourth-order valence-corrected chi connectivity index (χ4v) is 0. The standard InChI is InChI=1S/CH2O3.3Ca.O/c2-1(3)4;;;;/h(H2,2,3,4);;;;/q;3*+2;-2/p-2. The van der Waals surface area contributed by atoms with E-state index >= 15 is 0 Å². The van der Waals surface area contributed by atoms with Gasteiger partial charge in [-0.05, 0) is 6.16 Å². The van der Waals surface area contributed by atoms with Crippen LogP contribution in [-0.2, 0) is 5.48 Å². The van der Waals surface area contributed by atoms with Crippen molar-refractivity contribution < 1.29 is 20.5 Å². The summed E-state index contributed by atoms with van der Waals surface area (Å²) < 4.78 is 0. The van der Waals surface area contributed by atoms with Gasteiger partial charge in [-0.25, -0.2) is 0 Å². The molecule has 0 spiro atoms. The van der Waals surface area contributed by atoms with Crippen molar-refractivity contribution in [1.29, 1.82) is 0 Å². The minimum absolute atomic E-state index is 0. The van der Waals surface area contributed by atoms with Gasteiger partial charge in [-0.15, -0.1) is 0 Å².